The maximum atomic E-state index is 9.06. The van der Waals surface area contributed by atoms with Crippen molar-refractivity contribution in [2.45, 2.75) is 33.6 Å². The van der Waals surface area contributed by atoms with Gasteiger partial charge in [0.2, 0.25) is 0 Å². The second-order valence-electron chi connectivity index (χ2n) is 5.10. The van der Waals surface area contributed by atoms with Crippen molar-refractivity contribution in [1.29, 1.82) is 5.26 Å². The van der Waals surface area contributed by atoms with Gasteiger partial charge >= 0.3 is 0 Å². The summed E-state index contributed by atoms with van der Waals surface area (Å²) in [5, 5.41) is 12.5. The molecule has 1 unspecified atom stereocenters. The molecule has 0 saturated heterocycles. The zero-order valence-corrected chi connectivity index (χ0v) is 11.2. The Balaban J connectivity index is 2.72. The molecular formula is C15H22N2. The fourth-order valence-corrected chi connectivity index (χ4v) is 1.81. The Morgan fingerprint density at radius 2 is 1.82 bits per heavy atom. The van der Waals surface area contributed by atoms with Crippen molar-refractivity contribution in [1.82, 2.24) is 0 Å². The number of hydrogen-bond donors (Lipinski definition) is 1. The summed E-state index contributed by atoms with van der Waals surface area (Å²) in [4.78, 5) is 0. The number of nitriles is 1. The third-order valence-corrected chi connectivity index (χ3v) is 3.07. The Hall–Kier alpha value is -1.49. The van der Waals surface area contributed by atoms with Gasteiger partial charge in [0.1, 0.15) is 0 Å². The molecule has 0 fully saturated rings. The molecule has 1 aromatic carbocycles. The number of anilines is 1. The fraction of sp³-hybridized carbons (Fsp3) is 0.533. The number of nitrogens with zero attached hydrogens (tertiary/aromatic N) is 1. The first-order valence-electron chi connectivity index (χ1n) is 6.28. The summed E-state index contributed by atoms with van der Waals surface area (Å²) in [5.41, 5.74) is 2.47. The summed E-state index contributed by atoms with van der Waals surface area (Å²) in [7, 11) is 0. The molecule has 1 N–H and O–H groups in total. The predicted molar refractivity (Wildman–Crippen MR) is 73.0 cm³/mol. The Labute approximate surface area is 105 Å². The lowest BCUT2D eigenvalue weighted by Gasteiger charge is -2.18. The monoisotopic (exact) mass is 230 g/mol. The standard InChI is InChI=1S/C15H22N2/c1-11(2)13(9-16)10-17-15-8-6-5-7-14(15)12(3)4/h5-8,11-13,17H,10H2,1-4H3. The van der Waals surface area contributed by atoms with E-state index in [4.69, 9.17) is 5.26 Å². The van der Waals surface area contributed by atoms with E-state index in [0.717, 1.165) is 12.2 Å². The first-order chi connectivity index (χ1) is 8.06. The molecule has 17 heavy (non-hydrogen) atoms. The molecule has 0 saturated carbocycles. The second-order valence-corrected chi connectivity index (χ2v) is 5.10. The van der Waals surface area contributed by atoms with Gasteiger partial charge in [-0.1, -0.05) is 45.9 Å². The van der Waals surface area contributed by atoms with Gasteiger partial charge in [-0.2, -0.15) is 5.26 Å². The Morgan fingerprint density at radius 3 is 2.35 bits per heavy atom. The number of benzene rings is 1. The van der Waals surface area contributed by atoms with Gasteiger partial charge in [0, 0.05) is 12.2 Å². The fourth-order valence-electron chi connectivity index (χ4n) is 1.81. The molecule has 1 aromatic rings. The highest BCUT2D eigenvalue weighted by molar-refractivity contribution is 5.52. The van der Waals surface area contributed by atoms with Crippen molar-refractivity contribution in [3.8, 4) is 6.07 Å². The molecule has 0 aliphatic heterocycles. The van der Waals surface area contributed by atoms with Gasteiger partial charge in [-0.05, 0) is 23.5 Å². The van der Waals surface area contributed by atoms with Crippen LogP contribution in [0, 0.1) is 23.2 Å². The molecule has 1 rings (SSSR count). The van der Waals surface area contributed by atoms with E-state index in [1.165, 1.54) is 5.56 Å². The van der Waals surface area contributed by atoms with Crippen molar-refractivity contribution in [3.63, 3.8) is 0 Å². The smallest absolute Gasteiger partial charge is 0.0677 e. The second kappa shape index (κ2) is 6.30. The zero-order valence-electron chi connectivity index (χ0n) is 11.2. The van der Waals surface area contributed by atoms with Crippen LogP contribution in [0.25, 0.3) is 0 Å². The molecule has 0 aliphatic rings. The van der Waals surface area contributed by atoms with E-state index in [2.05, 4.69) is 57.3 Å². The topological polar surface area (TPSA) is 35.8 Å². The van der Waals surface area contributed by atoms with Crippen LogP contribution in [-0.4, -0.2) is 6.54 Å². The number of para-hydroxylation sites is 1. The molecule has 0 spiro atoms. The first-order valence-corrected chi connectivity index (χ1v) is 6.28. The maximum Gasteiger partial charge on any atom is 0.0677 e. The van der Waals surface area contributed by atoms with Gasteiger partial charge in [0.05, 0.1) is 12.0 Å². The third kappa shape index (κ3) is 3.78. The summed E-state index contributed by atoms with van der Waals surface area (Å²) in [5.74, 6) is 0.951. The van der Waals surface area contributed by atoms with Crippen LogP contribution < -0.4 is 5.32 Å². The normalized spacial score (nSPS) is 12.5. The average Bonchev–Trinajstić information content (AvgIpc) is 2.29. The minimum absolute atomic E-state index is 0.0650. The van der Waals surface area contributed by atoms with Crippen LogP contribution in [0.15, 0.2) is 24.3 Å². The van der Waals surface area contributed by atoms with Crippen LogP contribution in [0.2, 0.25) is 0 Å². The van der Waals surface area contributed by atoms with Crippen molar-refractivity contribution in [2.24, 2.45) is 11.8 Å². The van der Waals surface area contributed by atoms with Crippen molar-refractivity contribution >= 4 is 5.69 Å². The molecule has 0 aliphatic carbocycles. The molecule has 0 bridgehead atoms. The summed E-state index contributed by atoms with van der Waals surface area (Å²) >= 11 is 0. The lowest BCUT2D eigenvalue weighted by Crippen LogP contribution is -2.18. The van der Waals surface area contributed by atoms with Crippen LogP contribution in [-0.2, 0) is 0 Å². The van der Waals surface area contributed by atoms with Gasteiger partial charge in [-0.3, -0.25) is 0 Å². The van der Waals surface area contributed by atoms with Gasteiger partial charge < -0.3 is 5.32 Å². The third-order valence-electron chi connectivity index (χ3n) is 3.07. The molecule has 1 atom stereocenters. The zero-order chi connectivity index (χ0) is 12.8. The van der Waals surface area contributed by atoms with E-state index < -0.39 is 0 Å². The van der Waals surface area contributed by atoms with Crippen molar-refractivity contribution in [3.05, 3.63) is 29.8 Å². The molecule has 0 amide bonds. The highest BCUT2D eigenvalue weighted by Gasteiger charge is 2.13. The first kappa shape index (κ1) is 13.6. The van der Waals surface area contributed by atoms with E-state index in [0.29, 0.717) is 11.8 Å². The number of nitrogens with one attached hydrogen (secondary N) is 1. The minimum atomic E-state index is 0.0650. The summed E-state index contributed by atoms with van der Waals surface area (Å²) in [6.07, 6.45) is 0. The van der Waals surface area contributed by atoms with Crippen LogP contribution >= 0.6 is 0 Å². The molecule has 0 heterocycles. The molecule has 0 aromatic heterocycles. The average molecular weight is 230 g/mol. The van der Waals surface area contributed by atoms with E-state index in [1.54, 1.807) is 0 Å². The predicted octanol–water partition coefficient (Wildman–Crippen LogP) is 4.02. The lowest BCUT2D eigenvalue weighted by molar-refractivity contribution is 0.496. The SMILES string of the molecule is CC(C)c1ccccc1NCC(C#N)C(C)C. The van der Waals surface area contributed by atoms with Crippen LogP contribution in [0.1, 0.15) is 39.2 Å². The molecular weight excluding hydrogens is 208 g/mol. The van der Waals surface area contributed by atoms with Crippen molar-refractivity contribution < 1.29 is 0 Å². The van der Waals surface area contributed by atoms with Crippen LogP contribution in [0.3, 0.4) is 0 Å². The summed E-state index contributed by atoms with van der Waals surface area (Å²) < 4.78 is 0. The van der Waals surface area contributed by atoms with E-state index in [9.17, 15) is 0 Å². The Morgan fingerprint density at radius 1 is 1.18 bits per heavy atom. The highest BCUT2D eigenvalue weighted by Crippen LogP contribution is 2.24. The molecule has 0 radical (unpaired) electrons. The minimum Gasteiger partial charge on any atom is -0.383 e. The Bertz CT molecular complexity index is 388. The van der Waals surface area contributed by atoms with Gasteiger partial charge in [-0.25, -0.2) is 0 Å². The highest BCUT2D eigenvalue weighted by atomic mass is 14.9. The van der Waals surface area contributed by atoms with E-state index >= 15 is 0 Å². The number of rotatable bonds is 5. The van der Waals surface area contributed by atoms with Gasteiger partial charge in [-0.15, -0.1) is 0 Å². The largest absolute Gasteiger partial charge is 0.383 e. The molecule has 2 nitrogen and oxygen atoms in total. The summed E-state index contributed by atoms with van der Waals surface area (Å²) in [6.45, 7) is 9.27. The molecule has 92 valence electrons. The van der Waals surface area contributed by atoms with Crippen molar-refractivity contribution in [2.75, 3.05) is 11.9 Å². The van der Waals surface area contributed by atoms with E-state index in [-0.39, 0.29) is 5.92 Å². The van der Waals surface area contributed by atoms with Crippen LogP contribution in [0.4, 0.5) is 5.69 Å². The lowest BCUT2D eigenvalue weighted by atomic mass is 9.96. The molecule has 2 heteroatoms. The summed E-state index contributed by atoms with van der Waals surface area (Å²) in [6, 6.07) is 10.7. The van der Waals surface area contributed by atoms with Gasteiger partial charge in [0.25, 0.3) is 0 Å². The van der Waals surface area contributed by atoms with Gasteiger partial charge in [0.15, 0.2) is 0 Å². The van der Waals surface area contributed by atoms with Crippen LogP contribution in [0.5, 0.6) is 0 Å². The maximum absolute atomic E-state index is 9.06. The Kier molecular flexibility index (Phi) is 5.03. The van der Waals surface area contributed by atoms with E-state index in [1.807, 2.05) is 6.07 Å². The quantitative estimate of drug-likeness (QED) is 0.829. The number of hydrogen-bond acceptors (Lipinski definition) is 2.